The van der Waals surface area contributed by atoms with Gasteiger partial charge in [-0.1, -0.05) is 148 Å². The fraction of sp³-hybridized carbons (Fsp3) is 0.208. The van der Waals surface area contributed by atoms with E-state index in [2.05, 4.69) is 200 Å². The molecule has 1 fully saturated rings. The summed E-state index contributed by atoms with van der Waals surface area (Å²) in [6.45, 7) is 5.60. The van der Waals surface area contributed by atoms with Crippen molar-refractivity contribution >= 4 is 28.4 Å². The number of para-hydroxylation sites is 2. The van der Waals surface area contributed by atoms with E-state index < -0.39 is 0 Å². The first kappa shape index (κ1) is 34.9. The molecule has 2 nitrogen and oxygen atoms in total. The van der Waals surface area contributed by atoms with E-state index in [9.17, 15) is 0 Å². The first-order valence-electron chi connectivity index (χ1n) is 20.2. The zero-order chi connectivity index (χ0) is 37.2. The molecule has 0 amide bonds. The van der Waals surface area contributed by atoms with Gasteiger partial charge in [0, 0.05) is 40.4 Å². The molecule has 0 radical (unpaired) electrons. The summed E-state index contributed by atoms with van der Waals surface area (Å²) < 4.78 is 0. The molecule has 272 valence electrons. The van der Waals surface area contributed by atoms with Gasteiger partial charge in [-0.25, -0.2) is 0 Å². The first-order valence-corrected chi connectivity index (χ1v) is 20.2. The van der Waals surface area contributed by atoms with E-state index in [1.807, 2.05) is 0 Å². The molecule has 0 N–H and O–H groups in total. The first-order chi connectivity index (χ1) is 27.0. The Balaban J connectivity index is 1.00. The summed E-state index contributed by atoms with van der Waals surface area (Å²) in [4.78, 5) is 4.84. The Hall–Kier alpha value is -5.86. The Kier molecular flexibility index (Phi) is 9.58. The van der Waals surface area contributed by atoms with Crippen LogP contribution in [0.25, 0.3) is 11.1 Å². The standard InChI is InChI=1S/C53H50N2/c1-53(2)51-24-13-12-22-49(51)50-23-14-17-43(52(50)53)38-54(45-35-29-42(30-36-45)41-15-6-3-7-16-41)44-31-25-39(26-32-44)37-40-27-33-48(34-28-40)55(46-18-8-4-9-19-46)47-20-10-5-11-21-47/h4-5,8-14,17-36,41H,3,6-7,15-16,37-38H2,1-2H3. The van der Waals surface area contributed by atoms with E-state index in [1.54, 1.807) is 0 Å². The third-order valence-electron chi connectivity index (χ3n) is 12.2. The second-order valence-corrected chi connectivity index (χ2v) is 16.0. The Morgan fingerprint density at radius 3 is 1.60 bits per heavy atom. The van der Waals surface area contributed by atoms with Crippen molar-refractivity contribution < 1.29 is 0 Å². The quantitative estimate of drug-likeness (QED) is 0.139. The van der Waals surface area contributed by atoms with E-state index in [-0.39, 0.29) is 5.41 Å². The third kappa shape index (κ3) is 6.98. The van der Waals surface area contributed by atoms with Crippen LogP contribution in [-0.4, -0.2) is 0 Å². The number of nitrogens with zero attached hydrogens (tertiary/aromatic N) is 2. The molecule has 0 atom stereocenters. The normalized spacial score (nSPS) is 14.6. The highest BCUT2D eigenvalue weighted by Crippen LogP contribution is 2.50. The van der Waals surface area contributed by atoms with Crippen molar-refractivity contribution in [1.82, 2.24) is 0 Å². The number of hydrogen-bond donors (Lipinski definition) is 0. The zero-order valence-corrected chi connectivity index (χ0v) is 32.2. The summed E-state index contributed by atoms with van der Waals surface area (Å²) >= 11 is 0. The van der Waals surface area contributed by atoms with Crippen LogP contribution < -0.4 is 9.80 Å². The molecule has 7 aromatic rings. The van der Waals surface area contributed by atoms with E-state index in [0.29, 0.717) is 5.92 Å². The zero-order valence-electron chi connectivity index (χ0n) is 32.2. The summed E-state index contributed by atoms with van der Waals surface area (Å²) in [5.41, 5.74) is 17.0. The van der Waals surface area contributed by atoms with Crippen LogP contribution in [0.2, 0.25) is 0 Å². The molecular formula is C53H50N2. The van der Waals surface area contributed by atoms with Crippen LogP contribution in [0.3, 0.4) is 0 Å². The SMILES string of the molecule is CC1(C)c2ccccc2-c2cccc(CN(c3ccc(Cc4ccc(N(c5ccccc5)c5ccccc5)cc4)cc3)c3ccc(C4CCCCC4)cc3)c21. The van der Waals surface area contributed by atoms with Gasteiger partial charge in [0.15, 0.2) is 0 Å². The number of benzene rings is 7. The van der Waals surface area contributed by atoms with Gasteiger partial charge in [0.25, 0.3) is 0 Å². The van der Waals surface area contributed by atoms with Gasteiger partial charge in [-0.3, -0.25) is 0 Å². The van der Waals surface area contributed by atoms with Crippen LogP contribution in [0, 0.1) is 0 Å². The van der Waals surface area contributed by atoms with Crippen LogP contribution >= 0.6 is 0 Å². The number of anilines is 5. The molecule has 1 saturated carbocycles. The molecule has 0 heterocycles. The molecule has 9 rings (SSSR count). The molecule has 2 aliphatic rings. The van der Waals surface area contributed by atoms with Gasteiger partial charge >= 0.3 is 0 Å². The van der Waals surface area contributed by atoms with Crippen LogP contribution in [0.4, 0.5) is 28.4 Å². The Labute approximate surface area is 327 Å². The maximum absolute atomic E-state index is 2.53. The smallest absolute Gasteiger partial charge is 0.0485 e. The summed E-state index contributed by atoms with van der Waals surface area (Å²) in [6, 6.07) is 65.0. The molecular weight excluding hydrogens is 665 g/mol. The van der Waals surface area contributed by atoms with E-state index in [1.165, 1.54) is 88.0 Å². The topological polar surface area (TPSA) is 6.48 Å². The minimum Gasteiger partial charge on any atom is -0.337 e. The molecule has 0 unspecified atom stereocenters. The van der Waals surface area contributed by atoms with Crippen LogP contribution in [0.5, 0.6) is 0 Å². The van der Waals surface area contributed by atoms with Gasteiger partial charge in [-0.2, -0.15) is 0 Å². The summed E-state index contributed by atoms with van der Waals surface area (Å²) in [7, 11) is 0. The van der Waals surface area contributed by atoms with Gasteiger partial charge in [0.2, 0.25) is 0 Å². The lowest BCUT2D eigenvalue weighted by Gasteiger charge is -2.30. The van der Waals surface area contributed by atoms with Crippen molar-refractivity contribution in [2.24, 2.45) is 0 Å². The average Bonchev–Trinajstić information content (AvgIpc) is 3.49. The Morgan fingerprint density at radius 2 is 0.982 bits per heavy atom. The predicted octanol–water partition coefficient (Wildman–Crippen LogP) is 14.4. The van der Waals surface area contributed by atoms with Gasteiger partial charge in [0.1, 0.15) is 0 Å². The van der Waals surface area contributed by atoms with E-state index in [0.717, 1.165) is 30.0 Å². The lowest BCUT2D eigenvalue weighted by atomic mass is 9.80. The van der Waals surface area contributed by atoms with Gasteiger partial charge in [0.05, 0.1) is 0 Å². The van der Waals surface area contributed by atoms with Crippen molar-refractivity contribution in [1.29, 1.82) is 0 Å². The highest BCUT2D eigenvalue weighted by molar-refractivity contribution is 5.82. The van der Waals surface area contributed by atoms with Crippen molar-refractivity contribution in [3.05, 3.63) is 209 Å². The van der Waals surface area contributed by atoms with Crippen LogP contribution in [-0.2, 0) is 18.4 Å². The molecule has 0 spiro atoms. The van der Waals surface area contributed by atoms with Crippen LogP contribution in [0.15, 0.2) is 176 Å². The van der Waals surface area contributed by atoms with Gasteiger partial charge in [-0.05, 0) is 130 Å². The Bertz CT molecular complexity index is 2310. The second-order valence-electron chi connectivity index (χ2n) is 16.0. The van der Waals surface area contributed by atoms with Gasteiger partial charge < -0.3 is 9.80 Å². The lowest BCUT2D eigenvalue weighted by molar-refractivity contribution is 0.443. The van der Waals surface area contributed by atoms with Crippen LogP contribution in [0.1, 0.15) is 85.3 Å². The fourth-order valence-corrected chi connectivity index (χ4v) is 9.35. The fourth-order valence-electron chi connectivity index (χ4n) is 9.35. The molecule has 0 aliphatic heterocycles. The van der Waals surface area contributed by atoms with Gasteiger partial charge in [-0.15, -0.1) is 0 Å². The highest BCUT2D eigenvalue weighted by atomic mass is 15.1. The summed E-state index contributed by atoms with van der Waals surface area (Å²) in [6.07, 6.45) is 7.60. The molecule has 2 aliphatic carbocycles. The molecule has 2 heteroatoms. The number of hydrogen-bond acceptors (Lipinski definition) is 2. The molecule has 0 bridgehead atoms. The molecule has 7 aromatic carbocycles. The second kappa shape index (κ2) is 15.1. The third-order valence-corrected chi connectivity index (χ3v) is 12.2. The number of fused-ring (bicyclic) bond motifs is 3. The van der Waals surface area contributed by atoms with Crippen molar-refractivity contribution in [2.75, 3.05) is 9.80 Å². The Morgan fingerprint density at radius 1 is 0.473 bits per heavy atom. The largest absolute Gasteiger partial charge is 0.337 e. The summed E-state index contributed by atoms with van der Waals surface area (Å²) in [5, 5.41) is 0. The highest BCUT2D eigenvalue weighted by Gasteiger charge is 2.37. The molecule has 0 saturated heterocycles. The molecule has 0 aromatic heterocycles. The average molecular weight is 715 g/mol. The lowest BCUT2D eigenvalue weighted by Crippen LogP contribution is -2.22. The van der Waals surface area contributed by atoms with Crippen molar-refractivity contribution in [2.45, 2.75) is 70.3 Å². The summed E-state index contributed by atoms with van der Waals surface area (Å²) in [5.74, 6) is 0.695. The maximum atomic E-state index is 2.53. The minimum absolute atomic E-state index is 0.0579. The molecule has 55 heavy (non-hydrogen) atoms. The number of rotatable bonds is 10. The van der Waals surface area contributed by atoms with E-state index in [4.69, 9.17) is 0 Å². The predicted molar refractivity (Wildman–Crippen MR) is 232 cm³/mol. The maximum Gasteiger partial charge on any atom is 0.0485 e. The minimum atomic E-state index is -0.0579. The van der Waals surface area contributed by atoms with Crippen molar-refractivity contribution in [3.8, 4) is 11.1 Å². The van der Waals surface area contributed by atoms with E-state index >= 15 is 0 Å². The van der Waals surface area contributed by atoms with Crippen molar-refractivity contribution in [3.63, 3.8) is 0 Å². The monoisotopic (exact) mass is 714 g/mol.